The molecule has 0 bridgehead atoms. The number of rotatable bonds is 7. The van der Waals surface area contributed by atoms with E-state index >= 15 is 0 Å². The summed E-state index contributed by atoms with van der Waals surface area (Å²) in [6, 6.07) is 4.61. The average molecular weight is 253 g/mol. The topological polar surface area (TPSA) is 28.2 Å². The Balaban J connectivity index is 2.44. The highest BCUT2D eigenvalue weighted by Crippen LogP contribution is 2.18. The molecular formula is C13H23N3S. The number of thioether (sulfide) groups is 1. The van der Waals surface area contributed by atoms with Crippen molar-refractivity contribution in [2.24, 2.45) is 0 Å². The molecule has 3 nitrogen and oxygen atoms in total. The summed E-state index contributed by atoms with van der Waals surface area (Å²) in [7, 11) is 4.19. The van der Waals surface area contributed by atoms with Crippen LogP contribution >= 0.6 is 11.8 Å². The third-order valence-corrected chi connectivity index (χ3v) is 3.48. The van der Waals surface area contributed by atoms with E-state index in [1.54, 1.807) is 0 Å². The Kier molecular flexibility index (Phi) is 6.55. The minimum absolute atomic E-state index is 0.334. The van der Waals surface area contributed by atoms with E-state index in [0.717, 1.165) is 24.5 Å². The highest BCUT2D eigenvalue weighted by Gasteiger charge is 2.04. The summed E-state index contributed by atoms with van der Waals surface area (Å²) < 4.78 is 0. The number of nitrogens with zero attached hydrogens (tertiary/aromatic N) is 2. The Morgan fingerprint density at radius 3 is 2.71 bits per heavy atom. The van der Waals surface area contributed by atoms with Gasteiger partial charge in [-0.15, -0.1) is 11.8 Å². The second-order valence-electron chi connectivity index (χ2n) is 4.35. The molecule has 0 fully saturated rings. The number of hydrogen-bond donors (Lipinski definition) is 1. The molecule has 0 amide bonds. The van der Waals surface area contributed by atoms with E-state index < -0.39 is 0 Å². The molecule has 1 rings (SSSR count). The van der Waals surface area contributed by atoms with Gasteiger partial charge in [-0.3, -0.25) is 4.98 Å². The summed E-state index contributed by atoms with van der Waals surface area (Å²) in [5, 5.41) is 3.36. The van der Waals surface area contributed by atoms with Gasteiger partial charge < -0.3 is 10.2 Å². The molecule has 0 radical (unpaired) electrons. The second-order valence-corrected chi connectivity index (χ2v) is 5.52. The van der Waals surface area contributed by atoms with Gasteiger partial charge in [-0.2, -0.15) is 0 Å². The molecule has 0 spiro atoms. The summed E-state index contributed by atoms with van der Waals surface area (Å²) in [4.78, 5) is 7.94. The van der Waals surface area contributed by atoms with Gasteiger partial charge in [-0.1, -0.05) is 6.92 Å². The lowest BCUT2D eigenvalue weighted by Crippen LogP contribution is -2.18. The van der Waals surface area contributed by atoms with Gasteiger partial charge in [0.05, 0.1) is 5.69 Å². The molecule has 1 aromatic heterocycles. The Morgan fingerprint density at radius 2 is 2.18 bits per heavy atom. The van der Waals surface area contributed by atoms with Crippen LogP contribution in [-0.4, -0.2) is 42.8 Å². The van der Waals surface area contributed by atoms with Crippen LogP contribution in [0.1, 0.15) is 25.6 Å². The highest BCUT2D eigenvalue weighted by molar-refractivity contribution is 7.99. The van der Waals surface area contributed by atoms with Crippen molar-refractivity contribution in [3.63, 3.8) is 0 Å². The number of pyridine rings is 1. The molecule has 1 unspecified atom stereocenters. The van der Waals surface area contributed by atoms with Gasteiger partial charge >= 0.3 is 0 Å². The van der Waals surface area contributed by atoms with Gasteiger partial charge in [0.1, 0.15) is 0 Å². The monoisotopic (exact) mass is 253 g/mol. The van der Waals surface area contributed by atoms with Crippen LogP contribution in [0.5, 0.6) is 0 Å². The van der Waals surface area contributed by atoms with Crippen molar-refractivity contribution in [2.45, 2.75) is 24.8 Å². The predicted octanol–water partition coefficient (Wildman–Crippen LogP) is 2.41. The number of nitrogens with one attached hydrogen (secondary N) is 1. The second kappa shape index (κ2) is 7.69. The van der Waals surface area contributed by atoms with Crippen molar-refractivity contribution in [1.29, 1.82) is 0 Å². The van der Waals surface area contributed by atoms with E-state index in [4.69, 9.17) is 0 Å². The first-order valence-electron chi connectivity index (χ1n) is 6.10. The molecular weight excluding hydrogens is 230 g/mol. The van der Waals surface area contributed by atoms with E-state index in [-0.39, 0.29) is 0 Å². The predicted molar refractivity (Wildman–Crippen MR) is 75.6 cm³/mol. The van der Waals surface area contributed by atoms with Crippen LogP contribution < -0.4 is 5.32 Å². The van der Waals surface area contributed by atoms with Gasteiger partial charge in [-0.25, -0.2) is 0 Å². The lowest BCUT2D eigenvalue weighted by molar-refractivity contribution is 0.437. The van der Waals surface area contributed by atoms with Crippen molar-refractivity contribution < 1.29 is 0 Å². The summed E-state index contributed by atoms with van der Waals surface area (Å²) in [6.45, 7) is 6.33. The van der Waals surface area contributed by atoms with E-state index in [1.807, 2.05) is 18.0 Å². The van der Waals surface area contributed by atoms with E-state index in [2.05, 4.69) is 55.3 Å². The van der Waals surface area contributed by atoms with Crippen molar-refractivity contribution in [3.05, 3.63) is 24.0 Å². The van der Waals surface area contributed by atoms with Crippen LogP contribution in [0.15, 0.2) is 23.2 Å². The van der Waals surface area contributed by atoms with Gasteiger partial charge in [0, 0.05) is 29.4 Å². The molecule has 0 saturated carbocycles. The zero-order valence-corrected chi connectivity index (χ0v) is 12.0. The van der Waals surface area contributed by atoms with Crippen LogP contribution in [0.4, 0.5) is 0 Å². The van der Waals surface area contributed by atoms with Crippen LogP contribution in [0.2, 0.25) is 0 Å². The summed E-state index contributed by atoms with van der Waals surface area (Å²) in [5.41, 5.74) is 1.11. The molecule has 4 heteroatoms. The van der Waals surface area contributed by atoms with Crippen molar-refractivity contribution >= 4 is 11.8 Å². The quantitative estimate of drug-likeness (QED) is 0.755. The third kappa shape index (κ3) is 5.52. The lowest BCUT2D eigenvalue weighted by atomic mass is 10.2. The number of hydrogen-bond acceptors (Lipinski definition) is 4. The van der Waals surface area contributed by atoms with E-state index in [1.165, 1.54) is 4.90 Å². The Bertz CT molecular complexity index is 311. The van der Waals surface area contributed by atoms with Gasteiger partial charge in [0.2, 0.25) is 0 Å². The average Bonchev–Trinajstić information content (AvgIpc) is 2.30. The molecule has 1 N–H and O–H groups in total. The van der Waals surface area contributed by atoms with Crippen LogP contribution in [0, 0.1) is 0 Å². The smallest absolute Gasteiger partial charge is 0.0571 e. The molecule has 1 aromatic rings. The summed E-state index contributed by atoms with van der Waals surface area (Å²) >= 11 is 1.86. The first-order valence-corrected chi connectivity index (χ1v) is 7.09. The summed E-state index contributed by atoms with van der Waals surface area (Å²) in [5.74, 6) is 1.11. The molecule has 0 aliphatic rings. The Hall–Kier alpha value is -0.580. The minimum atomic E-state index is 0.334. The molecule has 96 valence electrons. The van der Waals surface area contributed by atoms with Gasteiger partial charge in [0.25, 0.3) is 0 Å². The van der Waals surface area contributed by atoms with E-state index in [9.17, 15) is 0 Å². The van der Waals surface area contributed by atoms with E-state index in [0.29, 0.717) is 6.04 Å². The maximum Gasteiger partial charge on any atom is 0.0571 e. The van der Waals surface area contributed by atoms with Crippen molar-refractivity contribution in [3.8, 4) is 0 Å². The molecule has 1 atom stereocenters. The van der Waals surface area contributed by atoms with Gasteiger partial charge in [-0.05, 0) is 39.7 Å². The largest absolute Gasteiger partial charge is 0.309 e. The minimum Gasteiger partial charge on any atom is -0.309 e. The SMILES string of the molecule is CCNC(C)c1ccc(SCCN(C)C)cn1. The summed E-state index contributed by atoms with van der Waals surface area (Å²) in [6.07, 6.45) is 1.98. The highest BCUT2D eigenvalue weighted by atomic mass is 32.2. The third-order valence-electron chi connectivity index (χ3n) is 2.52. The fraction of sp³-hybridized carbons (Fsp3) is 0.615. The first-order chi connectivity index (χ1) is 8.13. The van der Waals surface area contributed by atoms with Crippen molar-refractivity contribution in [1.82, 2.24) is 15.2 Å². The van der Waals surface area contributed by atoms with Gasteiger partial charge in [0.15, 0.2) is 0 Å². The molecule has 17 heavy (non-hydrogen) atoms. The maximum absolute atomic E-state index is 4.50. The van der Waals surface area contributed by atoms with Crippen LogP contribution in [0.25, 0.3) is 0 Å². The number of aromatic nitrogens is 1. The molecule has 0 aromatic carbocycles. The maximum atomic E-state index is 4.50. The van der Waals surface area contributed by atoms with Crippen molar-refractivity contribution in [2.75, 3.05) is 32.9 Å². The zero-order chi connectivity index (χ0) is 12.7. The molecule has 0 saturated heterocycles. The molecule has 0 aliphatic carbocycles. The Morgan fingerprint density at radius 1 is 1.41 bits per heavy atom. The molecule has 1 heterocycles. The normalized spacial score (nSPS) is 13.0. The fourth-order valence-corrected chi connectivity index (χ4v) is 2.47. The fourth-order valence-electron chi connectivity index (χ4n) is 1.49. The lowest BCUT2D eigenvalue weighted by Gasteiger charge is -2.12. The van der Waals surface area contributed by atoms with Crippen LogP contribution in [0.3, 0.4) is 0 Å². The zero-order valence-electron chi connectivity index (χ0n) is 11.2. The first kappa shape index (κ1) is 14.5. The standard InChI is InChI=1S/C13H23N3S/c1-5-14-11(2)13-7-6-12(10-15-13)17-9-8-16(3)4/h6-7,10-11,14H,5,8-9H2,1-4H3. The van der Waals surface area contributed by atoms with Crippen LogP contribution in [-0.2, 0) is 0 Å². The molecule has 0 aliphatic heterocycles. The Labute approximate surface area is 109 Å².